The molecule has 3 rings (SSSR count). The number of anilines is 1. The molecule has 1 heterocycles. The predicted octanol–water partition coefficient (Wildman–Crippen LogP) is 4.80. The summed E-state index contributed by atoms with van der Waals surface area (Å²) in [7, 11) is 0. The van der Waals surface area contributed by atoms with Crippen molar-refractivity contribution in [2.75, 3.05) is 5.32 Å². The molecule has 0 amide bonds. The second-order valence-electron chi connectivity index (χ2n) is 5.92. The fraction of sp³-hybridized carbons (Fsp3) is 0.294. The van der Waals surface area contributed by atoms with Gasteiger partial charge in [-0.05, 0) is 37.6 Å². The maximum Gasteiger partial charge on any atom is 0.146 e. The lowest BCUT2D eigenvalue weighted by Gasteiger charge is -2.18. The molecule has 1 aliphatic heterocycles. The van der Waals surface area contributed by atoms with Crippen LogP contribution in [0.25, 0.3) is 0 Å². The Morgan fingerprint density at radius 3 is 2.90 bits per heavy atom. The molecule has 0 saturated carbocycles. The molecule has 1 N–H and O–H groups in total. The minimum absolute atomic E-state index is 0.181. The number of benzene rings is 2. The molecular weight excluding hydrogens is 289 g/mol. The molecule has 110 valence electrons. The Bertz CT molecular complexity index is 684. The lowest BCUT2D eigenvalue weighted by atomic mass is 10.0. The zero-order valence-corrected chi connectivity index (χ0v) is 12.8. The molecule has 1 aliphatic rings. The van der Waals surface area contributed by atoms with Gasteiger partial charge in [-0.15, -0.1) is 0 Å². The van der Waals surface area contributed by atoms with Crippen molar-refractivity contribution in [3.63, 3.8) is 0 Å². The Labute approximate surface area is 128 Å². The second kappa shape index (κ2) is 5.23. The van der Waals surface area contributed by atoms with E-state index < -0.39 is 0 Å². The highest BCUT2D eigenvalue weighted by Gasteiger charge is 2.31. The third kappa shape index (κ3) is 2.98. The van der Waals surface area contributed by atoms with Gasteiger partial charge in [0.25, 0.3) is 0 Å². The van der Waals surface area contributed by atoms with Crippen molar-refractivity contribution in [3.8, 4) is 5.75 Å². The van der Waals surface area contributed by atoms with Gasteiger partial charge in [-0.1, -0.05) is 29.8 Å². The topological polar surface area (TPSA) is 21.3 Å². The van der Waals surface area contributed by atoms with Crippen LogP contribution in [0.4, 0.5) is 10.1 Å². The number of fused-ring (bicyclic) bond motifs is 1. The fourth-order valence-electron chi connectivity index (χ4n) is 2.64. The average molecular weight is 306 g/mol. The number of hydrogen-bond donors (Lipinski definition) is 1. The summed E-state index contributed by atoms with van der Waals surface area (Å²) in [5.74, 6) is 0.602. The molecule has 0 bridgehead atoms. The van der Waals surface area contributed by atoms with Crippen molar-refractivity contribution in [3.05, 3.63) is 58.4 Å². The summed E-state index contributed by atoms with van der Waals surface area (Å²) in [4.78, 5) is 0. The normalized spacial score (nSPS) is 15.4. The lowest BCUT2D eigenvalue weighted by Crippen LogP contribution is -2.25. The largest absolute Gasteiger partial charge is 0.487 e. The van der Waals surface area contributed by atoms with Crippen LogP contribution in [0.15, 0.2) is 36.4 Å². The molecule has 0 radical (unpaired) electrons. The van der Waals surface area contributed by atoms with Crippen LogP contribution in [0.5, 0.6) is 5.75 Å². The first-order valence-corrected chi connectivity index (χ1v) is 7.31. The molecule has 21 heavy (non-hydrogen) atoms. The van der Waals surface area contributed by atoms with E-state index in [1.807, 2.05) is 12.1 Å². The molecule has 4 heteroatoms. The van der Waals surface area contributed by atoms with E-state index in [0.717, 1.165) is 17.7 Å². The quantitative estimate of drug-likeness (QED) is 0.879. The van der Waals surface area contributed by atoms with Gasteiger partial charge in [0.15, 0.2) is 0 Å². The Hall–Kier alpha value is -1.74. The van der Waals surface area contributed by atoms with Crippen LogP contribution in [-0.4, -0.2) is 5.60 Å². The van der Waals surface area contributed by atoms with Crippen molar-refractivity contribution in [1.82, 2.24) is 0 Å². The van der Waals surface area contributed by atoms with E-state index in [1.54, 1.807) is 6.07 Å². The number of hydrogen-bond acceptors (Lipinski definition) is 2. The third-order valence-electron chi connectivity index (χ3n) is 3.57. The zero-order chi connectivity index (χ0) is 15.0. The maximum absolute atomic E-state index is 13.7. The number of ether oxygens (including phenoxy) is 1. The van der Waals surface area contributed by atoms with E-state index in [4.69, 9.17) is 16.3 Å². The third-order valence-corrected chi connectivity index (χ3v) is 3.81. The van der Waals surface area contributed by atoms with Crippen LogP contribution in [0.3, 0.4) is 0 Å². The number of rotatable bonds is 3. The van der Waals surface area contributed by atoms with Gasteiger partial charge in [0, 0.05) is 23.6 Å². The summed E-state index contributed by atoms with van der Waals surface area (Å²) in [6, 6.07) is 10.6. The molecule has 0 aliphatic carbocycles. The van der Waals surface area contributed by atoms with Crippen LogP contribution >= 0.6 is 11.6 Å². The van der Waals surface area contributed by atoms with Gasteiger partial charge in [0.05, 0.1) is 5.69 Å². The van der Waals surface area contributed by atoms with Crippen LogP contribution in [0, 0.1) is 5.82 Å². The minimum Gasteiger partial charge on any atom is -0.487 e. The van der Waals surface area contributed by atoms with Crippen LogP contribution in [0.1, 0.15) is 25.0 Å². The van der Waals surface area contributed by atoms with Gasteiger partial charge in [-0.25, -0.2) is 4.39 Å². The Kier molecular flexibility index (Phi) is 3.54. The minimum atomic E-state index is -0.312. The van der Waals surface area contributed by atoms with Gasteiger partial charge in [0.1, 0.15) is 17.2 Å². The van der Waals surface area contributed by atoms with Crippen molar-refractivity contribution in [2.24, 2.45) is 0 Å². The lowest BCUT2D eigenvalue weighted by molar-refractivity contribution is 0.137. The molecule has 0 fully saturated rings. The molecule has 0 unspecified atom stereocenters. The first kappa shape index (κ1) is 14.2. The Morgan fingerprint density at radius 1 is 1.29 bits per heavy atom. The number of nitrogens with one attached hydrogen (secondary N) is 1. The van der Waals surface area contributed by atoms with Crippen LogP contribution < -0.4 is 10.1 Å². The standard InChI is InChI=1S/C17H17ClFNO/c1-17(2)9-11-4-3-5-12(16(11)21-17)10-20-15-8-13(18)6-7-14(15)19/h3-8,20H,9-10H2,1-2H3. The van der Waals surface area contributed by atoms with Crippen LogP contribution in [-0.2, 0) is 13.0 Å². The van der Waals surface area contributed by atoms with E-state index in [1.165, 1.54) is 17.7 Å². The molecule has 0 spiro atoms. The molecule has 0 aromatic heterocycles. The molecule has 2 aromatic carbocycles. The van der Waals surface area contributed by atoms with E-state index in [-0.39, 0.29) is 11.4 Å². The highest BCUT2D eigenvalue weighted by atomic mass is 35.5. The first-order chi connectivity index (χ1) is 9.94. The maximum atomic E-state index is 13.7. The van der Waals surface area contributed by atoms with Crippen molar-refractivity contribution in [2.45, 2.75) is 32.4 Å². The highest BCUT2D eigenvalue weighted by Crippen LogP contribution is 2.37. The molecule has 2 aromatic rings. The average Bonchev–Trinajstić information content (AvgIpc) is 2.74. The highest BCUT2D eigenvalue weighted by molar-refractivity contribution is 6.30. The van der Waals surface area contributed by atoms with E-state index in [0.29, 0.717) is 17.3 Å². The molecule has 2 nitrogen and oxygen atoms in total. The van der Waals surface area contributed by atoms with Crippen molar-refractivity contribution in [1.29, 1.82) is 0 Å². The summed E-state index contributed by atoms with van der Waals surface area (Å²) < 4.78 is 19.7. The molecule has 0 atom stereocenters. The van der Waals surface area contributed by atoms with Crippen molar-refractivity contribution >= 4 is 17.3 Å². The number of halogens is 2. The summed E-state index contributed by atoms with van der Waals surface area (Å²) >= 11 is 5.90. The zero-order valence-electron chi connectivity index (χ0n) is 12.0. The Balaban J connectivity index is 1.81. The monoisotopic (exact) mass is 305 g/mol. The summed E-state index contributed by atoms with van der Waals surface area (Å²) in [5.41, 5.74) is 2.44. The predicted molar refractivity (Wildman–Crippen MR) is 83.6 cm³/mol. The molecule has 0 saturated heterocycles. The smallest absolute Gasteiger partial charge is 0.146 e. The van der Waals surface area contributed by atoms with Gasteiger partial charge in [-0.2, -0.15) is 0 Å². The first-order valence-electron chi connectivity index (χ1n) is 6.93. The van der Waals surface area contributed by atoms with Gasteiger partial charge in [-0.3, -0.25) is 0 Å². The van der Waals surface area contributed by atoms with E-state index in [2.05, 4.69) is 25.2 Å². The molecular formula is C17H17ClFNO. The fourth-order valence-corrected chi connectivity index (χ4v) is 2.81. The van der Waals surface area contributed by atoms with Gasteiger partial charge in [0.2, 0.25) is 0 Å². The van der Waals surface area contributed by atoms with E-state index >= 15 is 0 Å². The SMILES string of the molecule is CC1(C)Cc2cccc(CNc3cc(Cl)ccc3F)c2O1. The van der Waals surface area contributed by atoms with Gasteiger partial charge >= 0.3 is 0 Å². The van der Waals surface area contributed by atoms with Crippen molar-refractivity contribution < 1.29 is 9.13 Å². The number of para-hydroxylation sites is 1. The van der Waals surface area contributed by atoms with Gasteiger partial charge < -0.3 is 10.1 Å². The summed E-state index contributed by atoms with van der Waals surface area (Å²) in [6.07, 6.45) is 0.891. The van der Waals surface area contributed by atoms with E-state index in [9.17, 15) is 4.39 Å². The Morgan fingerprint density at radius 2 is 2.10 bits per heavy atom. The summed E-state index contributed by atoms with van der Waals surface area (Å²) in [6.45, 7) is 4.64. The van der Waals surface area contributed by atoms with Crippen LogP contribution in [0.2, 0.25) is 5.02 Å². The summed E-state index contributed by atoms with van der Waals surface area (Å²) in [5, 5.41) is 3.60. The second-order valence-corrected chi connectivity index (χ2v) is 6.36.